The van der Waals surface area contributed by atoms with Gasteiger partial charge in [0.15, 0.2) is 5.78 Å². The molecule has 2 unspecified atom stereocenters. The van der Waals surface area contributed by atoms with Crippen molar-refractivity contribution in [2.24, 2.45) is 17.2 Å². The molecule has 16 heteroatoms. The summed E-state index contributed by atoms with van der Waals surface area (Å²) in [5.41, 5.74) is 9.77. The van der Waals surface area contributed by atoms with E-state index in [2.05, 4.69) is 5.32 Å². The Kier molecular flexibility index (Phi) is 7.88. The summed E-state index contributed by atoms with van der Waals surface area (Å²) in [6.07, 6.45) is -5.76. The van der Waals surface area contributed by atoms with Crippen LogP contribution in [0.25, 0.3) is 0 Å². The van der Waals surface area contributed by atoms with E-state index in [9.17, 15) is 48.0 Å². The predicted molar refractivity (Wildman–Crippen MR) is 152 cm³/mol. The van der Waals surface area contributed by atoms with Gasteiger partial charge in [0.1, 0.15) is 28.9 Å². The number of benzene rings is 1. The van der Waals surface area contributed by atoms with Crippen LogP contribution >= 0.6 is 0 Å². The minimum absolute atomic E-state index is 0.0684. The maximum atomic E-state index is 14.2. The monoisotopic (exact) mass is 626 g/mol. The molecule has 0 aromatic heterocycles. The Balaban J connectivity index is 1.98. The molecule has 242 valence electrons. The van der Waals surface area contributed by atoms with Crippen LogP contribution in [-0.2, 0) is 22.6 Å². The van der Waals surface area contributed by atoms with Crippen LogP contribution in [0.5, 0.6) is 5.75 Å². The zero-order valence-corrected chi connectivity index (χ0v) is 24.8. The maximum Gasteiger partial charge on any atom is 0.403 e. The minimum atomic E-state index is -4.58. The number of likely N-dealkylation sites (N-methyl/N-ethyl adjacent to an activating group) is 1. The quantitative estimate of drug-likeness (QED) is 0.184. The molecule has 0 radical (unpaired) electrons. The summed E-state index contributed by atoms with van der Waals surface area (Å²) in [6.45, 7) is 0.842. The van der Waals surface area contributed by atoms with Crippen molar-refractivity contribution >= 4 is 23.2 Å². The first-order chi connectivity index (χ1) is 20.1. The molecule has 0 saturated carbocycles. The Labute approximate surface area is 250 Å². The van der Waals surface area contributed by atoms with E-state index in [0.29, 0.717) is 5.69 Å². The number of amides is 1. The number of primary amides is 1. The van der Waals surface area contributed by atoms with Gasteiger partial charge in [-0.25, -0.2) is 0 Å². The molecular formula is C28H37F3N6O7. The van der Waals surface area contributed by atoms with Gasteiger partial charge in [0, 0.05) is 31.9 Å². The van der Waals surface area contributed by atoms with Gasteiger partial charge in [-0.2, -0.15) is 13.2 Å². The van der Waals surface area contributed by atoms with Crippen LogP contribution in [0.1, 0.15) is 41.3 Å². The topological polar surface area (TPSA) is 229 Å². The van der Waals surface area contributed by atoms with Gasteiger partial charge in [-0.1, -0.05) is 6.92 Å². The van der Waals surface area contributed by atoms with Gasteiger partial charge in [0.05, 0.1) is 28.3 Å². The Hall–Kier alpha value is -3.70. The number of carbonyl (C=O) groups is 3. The van der Waals surface area contributed by atoms with Crippen molar-refractivity contribution < 1.29 is 48.0 Å². The third kappa shape index (κ3) is 4.46. The minimum Gasteiger partial charge on any atom is -0.510 e. The van der Waals surface area contributed by atoms with Crippen molar-refractivity contribution in [3.8, 4) is 5.75 Å². The summed E-state index contributed by atoms with van der Waals surface area (Å²) < 4.78 is 40.2. The fourth-order valence-corrected chi connectivity index (χ4v) is 6.97. The number of anilines is 1. The number of aliphatic hydroxyl groups is 3. The third-order valence-electron chi connectivity index (χ3n) is 8.91. The smallest absolute Gasteiger partial charge is 0.403 e. The molecule has 1 aromatic carbocycles. The molecule has 0 aliphatic heterocycles. The summed E-state index contributed by atoms with van der Waals surface area (Å²) in [4.78, 5) is 42.9. The van der Waals surface area contributed by atoms with E-state index < -0.39 is 99.4 Å². The van der Waals surface area contributed by atoms with Gasteiger partial charge in [-0.3, -0.25) is 19.3 Å². The number of nitrogens with one attached hydrogen (secondary N) is 1. The Bertz CT molecular complexity index is 1520. The zero-order valence-electron chi connectivity index (χ0n) is 24.8. The first-order valence-electron chi connectivity index (χ1n) is 13.7. The van der Waals surface area contributed by atoms with Gasteiger partial charge >= 0.3 is 6.18 Å². The lowest BCUT2D eigenvalue weighted by molar-refractivity contribution is -0.156. The van der Waals surface area contributed by atoms with E-state index in [4.69, 9.17) is 17.2 Å². The number of nitrogens with zero attached hydrogens (tertiary/aromatic N) is 2. The normalized spacial score (nSPS) is 29.4. The molecule has 11 N–H and O–H groups in total. The van der Waals surface area contributed by atoms with E-state index in [-0.39, 0.29) is 24.0 Å². The number of halogens is 3. The molecule has 1 amide bonds. The molecule has 1 aromatic rings. The van der Waals surface area contributed by atoms with Gasteiger partial charge in [-0.05, 0) is 45.0 Å². The van der Waals surface area contributed by atoms with E-state index in [1.54, 1.807) is 19.0 Å². The second-order valence-electron chi connectivity index (χ2n) is 12.2. The number of hydrogen-bond donors (Lipinski definition) is 8. The number of fused-ring (bicyclic) bond motifs is 3. The number of nitrogens with two attached hydrogens (primary N) is 3. The Morgan fingerprint density at radius 2 is 1.75 bits per heavy atom. The number of aliphatic hydroxyl groups excluding tert-OH is 2. The average molecular weight is 627 g/mol. The summed E-state index contributed by atoms with van der Waals surface area (Å²) >= 11 is 0. The Morgan fingerprint density at radius 1 is 1.16 bits per heavy atom. The molecule has 13 nitrogen and oxygen atoms in total. The van der Waals surface area contributed by atoms with Crippen molar-refractivity contribution in [1.29, 1.82) is 0 Å². The second kappa shape index (κ2) is 10.4. The van der Waals surface area contributed by atoms with Crippen LogP contribution in [0.4, 0.5) is 18.9 Å². The van der Waals surface area contributed by atoms with Crippen LogP contribution < -0.4 is 27.4 Å². The third-order valence-corrected chi connectivity index (χ3v) is 8.91. The number of ketones is 2. The fraction of sp³-hybridized carbons (Fsp3) is 0.536. The van der Waals surface area contributed by atoms with Crippen LogP contribution in [0.15, 0.2) is 28.7 Å². The van der Waals surface area contributed by atoms with Gasteiger partial charge in [0.2, 0.25) is 11.4 Å². The van der Waals surface area contributed by atoms with Gasteiger partial charge in [0.25, 0.3) is 5.91 Å². The highest BCUT2D eigenvalue weighted by molar-refractivity contribution is 6.25. The zero-order chi connectivity index (χ0) is 33.5. The number of rotatable bonds is 7. The first-order valence-corrected chi connectivity index (χ1v) is 13.7. The van der Waals surface area contributed by atoms with Crippen LogP contribution in [0.2, 0.25) is 0 Å². The largest absolute Gasteiger partial charge is 0.510 e. The lowest BCUT2D eigenvalue weighted by Crippen LogP contribution is -2.81. The first kappa shape index (κ1) is 33.2. The van der Waals surface area contributed by atoms with Crippen LogP contribution in [0.3, 0.4) is 0 Å². The number of carbonyl (C=O) groups excluding carboxylic acids is 3. The highest BCUT2D eigenvalue weighted by Gasteiger charge is 2.72. The van der Waals surface area contributed by atoms with Crippen molar-refractivity contribution in [2.75, 3.05) is 33.1 Å². The number of Topliss-reactive ketones (excluding diaryl/α,β-unsaturated/α-hetero) is 2. The van der Waals surface area contributed by atoms with Crippen molar-refractivity contribution in [2.45, 2.75) is 67.7 Å². The summed E-state index contributed by atoms with van der Waals surface area (Å²) in [5, 5.41) is 48.1. The molecule has 5 atom stereocenters. The van der Waals surface area contributed by atoms with E-state index >= 15 is 0 Å². The van der Waals surface area contributed by atoms with E-state index in [0.717, 1.165) is 0 Å². The molecule has 4 rings (SSSR count). The van der Waals surface area contributed by atoms with Crippen LogP contribution in [0, 0.1) is 0 Å². The number of hydrogen-bond acceptors (Lipinski definition) is 12. The molecule has 3 aliphatic carbocycles. The van der Waals surface area contributed by atoms with Gasteiger partial charge < -0.3 is 47.8 Å². The average Bonchev–Trinajstić information content (AvgIpc) is 2.86. The molecular weight excluding hydrogens is 589 g/mol. The number of alkyl halides is 3. The van der Waals surface area contributed by atoms with Crippen molar-refractivity contribution in [3.05, 3.63) is 45.4 Å². The second-order valence-corrected chi connectivity index (χ2v) is 12.2. The summed E-state index contributed by atoms with van der Waals surface area (Å²) in [6, 6.07) is -1.99. The lowest BCUT2D eigenvalue weighted by atomic mass is 9.52. The number of phenols is 1. The summed E-state index contributed by atoms with van der Waals surface area (Å²) in [7, 11) is 6.05. The van der Waals surface area contributed by atoms with E-state index in [1.807, 2.05) is 0 Å². The van der Waals surface area contributed by atoms with Crippen molar-refractivity contribution in [3.63, 3.8) is 0 Å². The lowest BCUT2D eigenvalue weighted by Gasteiger charge is -2.58. The highest BCUT2D eigenvalue weighted by atomic mass is 19.4. The molecule has 0 spiro atoms. The molecule has 0 heterocycles. The van der Waals surface area contributed by atoms with Crippen LogP contribution in [-0.4, -0.2) is 106 Å². The number of aromatic hydroxyl groups is 1. The summed E-state index contributed by atoms with van der Waals surface area (Å²) in [5.74, 6) is -6.91. The molecule has 0 fully saturated rings. The molecule has 44 heavy (non-hydrogen) atoms. The number of phenolic OH excluding ortho intramolecular Hbond substituents is 1. The van der Waals surface area contributed by atoms with Crippen molar-refractivity contribution in [1.82, 2.24) is 10.2 Å². The highest BCUT2D eigenvalue weighted by Crippen LogP contribution is 2.55. The maximum absolute atomic E-state index is 14.2. The molecule has 0 bridgehead atoms. The molecule has 3 aliphatic rings. The SMILES string of the molecule is CCC(NCc1cc(N(C)C)c2c(c1O)C(=O)C1=C(O)[C@]3(O)C(=O)C(C(N)=O)=C(O)C(N(C)C)[C@]3(N)C[C@]1(N)C2)C(F)(F)F. The van der Waals surface area contributed by atoms with E-state index in [1.165, 1.54) is 32.0 Å². The standard InChI is InChI=1S/C28H37F3N6O7/c1-6-14(28(29,30)31)35-9-11-7-13(36(2)3)12-8-25(33)10-26(34)21(37(4)5)20(40)16(24(32)43)22(41)27(26,44)23(42)17(25)19(39)15(12)18(11)38/h7,14,21,35,38,40,42,44H,6,8-10,33-34H2,1-5H3,(H2,32,43)/t14?,21?,25-,26-,27-/m1/s1. The predicted octanol–water partition coefficient (Wildman–Crippen LogP) is -0.220. The Morgan fingerprint density at radius 3 is 2.23 bits per heavy atom. The van der Waals surface area contributed by atoms with Gasteiger partial charge in [-0.15, -0.1) is 0 Å². The molecule has 0 saturated heterocycles. The fourth-order valence-electron chi connectivity index (χ4n) is 6.97.